The zero-order valence-corrected chi connectivity index (χ0v) is 8.94. The minimum absolute atomic E-state index is 0.0889. The summed E-state index contributed by atoms with van der Waals surface area (Å²) in [5.41, 5.74) is 4.07. The second-order valence-corrected chi connectivity index (χ2v) is 3.52. The monoisotopic (exact) mass is 284 g/mol. The molecular formula is C7H4BrClF2N2O. The lowest BCUT2D eigenvalue weighted by Gasteiger charge is -2.07. The molecule has 0 saturated heterocycles. The molecule has 14 heavy (non-hydrogen) atoms. The van der Waals surface area contributed by atoms with E-state index in [1.807, 2.05) is 0 Å². The predicted octanol–water partition coefficient (Wildman–Crippen LogP) is 2.74. The van der Waals surface area contributed by atoms with Crippen LogP contribution < -0.4 is 5.73 Å². The molecule has 0 aliphatic carbocycles. The Hall–Kier alpha value is -0.750. The van der Waals surface area contributed by atoms with E-state index in [9.17, 15) is 13.6 Å². The van der Waals surface area contributed by atoms with E-state index >= 15 is 0 Å². The Balaban J connectivity index is 3.40. The van der Waals surface area contributed by atoms with Crippen LogP contribution in [-0.4, -0.2) is 10.2 Å². The molecule has 3 nitrogen and oxygen atoms in total. The Kier molecular flexibility index (Phi) is 3.38. The van der Waals surface area contributed by atoms with Crippen molar-refractivity contribution >= 4 is 38.5 Å². The number of pyridine rings is 1. The van der Waals surface area contributed by atoms with Crippen LogP contribution in [0.3, 0.4) is 0 Å². The van der Waals surface area contributed by atoms with Crippen LogP contribution in [-0.2, 0) is 0 Å². The molecule has 0 aliphatic rings. The molecule has 0 aliphatic heterocycles. The molecule has 0 spiro atoms. The Morgan fingerprint density at radius 1 is 1.64 bits per heavy atom. The molecular weight excluding hydrogens is 281 g/mol. The second-order valence-electron chi connectivity index (χ2n) is 2.37. The highest BCUT2D eigenvalue weighted by Crippen LogP contribution is 2.28. The van der Waals surface area contributed by atoms with Gasteiger partial charge in [-0.1, -0.05) is 0 Å². The number of halogens is 4. The van der Waals surface area contributed by atoms with Gasteiger partial charge >= 0.3 is 0 Å². The molecule has 0 amide bonds. The highest BCUT2D eigenvalue weighted by molar-refractivity contribution is 9.10. The second kappa shape index (κ2) is 4.18. The number of nitrogens with two attached hydrogens (primary N) is 1. The first-order valence-electron chi connectivity index (χ1n) is 3.37. The van der Waals surface area contributed by atoms with Crippen LogP contribution in [0, 0.1) is 0 Å². The number of aromatic nitrogens is 1. The summed E-state index contributed by atoms with van der Waals surface area (Å²) in [6, 6.07) is 1.19. The molecule has 76 valence electrons. The van der Waals surface area contributed by atoms with Crippen molar-refractivity contribution in [2.75, 3.05) is 5.73 Å². The van der Waals surface area contributed by atoms with E-state index in [2.05, 4.69) is 20.9 Å². The van der Waals surface area contributed by atoms with Gasteiger partial charge in [-0.3, -0.25) is 4.79 Å². The van der Waals surface area contributed by atoms with E-state index in [0.717, 1.165) is 0 Å². The lowest BCUT2D eigenvalue weighted by molar-refractivity contribution is 0.108. The number of carbonyl (C=O) groups excluding carboxylic acids is 1. The van der Waals surface area contributed by atoms with E-state index in [4.69, 9.17) is 17.3 Å². The molecule has 0 unspecified atom stereocenters. The molecule has 1 aromatic heterocycles. The van der Waals surface area contributed by atoms with Gasteiger partial charge in [-0.25, -0.2) is 13.8 Å². The Bertz CT molecular complexity index is 386. The van der Waals surface area contributed by atoms with Crippen molar-refractivity contribution < 1.29 is 13.6 Å². The van der Waals surface area contributed by atoms with Gasteiger partial charge in [0.25, 0.3) is 11.7 Å². The lowest BCUT2D eigenvalue weighted by Crippen LogP contribution is -2.05. The van der Waals surface area contributed by atoms with Crippen molar-refractivity contribution in [2.24, 2.45) is 0 Å². The van der Waals surface area contributed by atoms with E-state index in [1.54, 1.807) is 0 Å². The topological polar surface area (TPSA) is 56.0 Å². The van der Waals surface area contributed by atoms with Gasteiger partial charge in [-0.05, 0) is 33.6 Å². The third kappa shape index (κ3) is 2.19. The summed E-state index contributed by atoms with van der Waals surface area (Å²) in [6.07, 6.45) is -2.85. The third-order valence-electron chi connectivity index (χ3n) is 1.48. The first kappa shape index (κ1) is 11.3. The molecule has 0 fully saturated rings. The largest absolute Gasteiger partial charge is 0.396 e. The summed E-state index contributed by atoms with van der Waals surface area (Å²) in [5, 5.41) is -0.896. The fraction of sp³-hybridized carbons (Fsp3) is 0.143. The molecule has 0 aromatic carbocycles. The maximum atomic E-state index is 12.3. The van der Waals surface area contributed by atoms with Gasteiger partial charge < -0.3 is 5.73 Å². The Labute approximate surface area is 91.4 Å². The van der Waals surface area contributed by atoms with Crippen LogP contribution in [0.25, 0.3) is 0 Å². The van der Waals surface area contributed by atoms with Gasteiger partial charge in [0.05, 0.1) is 11.3 Å². The summed E-state index contributed by atoms with van der Waals surface area (Å²) in [6.45, 7) is 0. The van der Waals surface area contributed by atoms with Crippen molar-refractivity contribution in [3.8, 4) is 0 Å². The molecule has 0 bridgehead atoms. The number of alkyl halides is 2. The van der Waals surface area contributed by atoms with Crippen molar-refractivity contribution in [2.45, 2.75) is 6.43 Å². The zero-order valence-electron chi connectivity index (χ0n) is 6.60. The summed E-state index contributed by atoms with van der Waals surface area (Å²) in [7, 11) is 0. The third-order valence-corrected chi connectivity index (χ3v) is 2.09. The fourth-order valence-corrected chi connectivity index (χ4v) is 1.45. The first-order chi connectivity index (χ1) is 6.43. The summed E-state index contributed by atoms with van der Waals surface area (Å²) >= 11 is 8.02. The molecule has 0 atom stereocenters. The number of hydrogen-bond donors (Lipinski definition) is 1. The van der Waals surface area contributed by atoms with Crippen LogP contribution in [0.2, 0.25) is 0 Å². The van der Waals surface area contributed by atoms with E-state index in [0.29, 0.717) is 0 Å². The van der Waals surface area contributed by atoms with Crippen molar-refractivity contribution in [3.05, 3.63) is 21.9 Å². The number of carbonyl (C=O) groups is 1. The van der Waals surface area contributed by atoms with Crippen LogP contribution in [0.5, 0.6) is 0 Å². The predicted molar refractivity (Wildman–Crippen MR) is 51.5 cm³/mol. The van der Waals surface area contributed by atoms with E-state index in [1.165, 1.54) is 6.07 Å². The quantitative estimate of drug-likeness (QED) is 0.671. The molecule has 7 heteroatoms. The van der Waals surface area contributed by atoms with Crippen LogP contribution in [0.15, 0.2) is 10.7 Å². The Morgan fingerprint density at radius 2 is 2.21 bits per heavy atom. The van der Waals surface area contributed by atoms with Gasteiger partial charge in [0.15, 0.2) is 0 Å². The minimum atomic E-state index is -2.85. The van der Waals surface area contributed by atoms with E-state index < -0.39 is 17.4 Å². The van der Waals surface area contributed by atoms with Crippen molar-refractivity contribution in [1.82, 2.24) is 4.98 Å². The number of nitrogens with zero attached hydrogens (tertiary/aromatic N) is 1. The smallest absolute Gasteiger partial charge is 0.282 e. The number of anilines is 1. The highest BCUT2D eigenvalue weighted by atomic mass is 79.9. The molecule has 1 heterocycles. The Morgan fingerprint density at radius 3 is 2.64 bits per heavy atom. The van der Waals surface area contributed by atoms with Crippen molar-refractivity contribution in [3.63, 3.8) is 0 Å². The van der Waals surface area contributed by atoms with Crippen LogP contribution in [0.4, 0.5) is 14.5 Å². The van der Waals surface area contributed by atoms with Gasteiger partial charge in [0.2, 0.25) is 0 Å². The number of nitrogen functional groups attached to an aromatic ring is 1. The molecule has 1 aromatic rings. The highest BCUT2D eigenvalue weighted by Gasteiger charge is 2.19. The summed E-state index contributed by atoms with van der Waals surface area (Å²) in [5.74, 6) is 0. The van der Waals surface area contributed by atoms with Crippen molar-refractivity contribution in [1.29, 1.82) is 0 Å². The van der Waals surface area contributed by atoms with Gasteiger partial charge in [0.1, 0.15) is 10.3 Å². The number of hydrogen-bond acceptors (Lipinski definition) is 3. The maximum Gasteiger partial charge on any atom is 0.282 e. The average Bonchev–Trinajstić information content (AvgIpc) is 2.07. The normalized spacial score (nSPS) is 10.6. The maximum absolute atomic E-state index is 12.3. The molecule has 0 radical (unpaired) electrons. The molecule has 2 N–H and O–H groups in total. The first-order valence-corrected chi connectivity index (χ1v) is 4.54. The molecule has 1 rings (SSSR count). The summed E-state index contributed by atoms with van der Waals surface area (Å²) < 4.78 is 24.8. The SMILES string of the molecule is Nc1c(C(=O)Cl)cc(Br)nc1C(F)F. The zero-order chi connectivity index (χ0) is 10.9. The van der Waals surface area contributed by atoms with Crippen LogP contribution in [0.1, 0.15) is 22.5 Å². The van der Waals surface area contributed by atoms with E-state index in [-0.39, 0.29) is 15.9 Å². The standard InChI is InChI=1S/C7H4BrClF2N2O/c8-3-1-2(6(9)14)4(12)5(13-3)7(10)11/h1,7H,12H2. The van der Waals surface area contributed by atoms with Gasteiger partial charge in [-0.2, -0.15) is 0 Å². The van der Waals surface area contributed by atoms with Crippen LogP contribution >= 0.6 is 27.5 Å². The number of rotatable bonds is 2. The lowest BCUT2D eigenvalue weighted by atomic mass is 10.2. The van der Waals surface area contributed by atoms with Gasteiger partial charge in [0, 0.05) is 0 Å². The fourth-order valence-electron chi connectivity index (χ4n) is 0.871. The van der Waals surface area contributed by atoms with Gasteiger partial charge in [-0.15, -0.1) is 0 Å². The molecule has 0 saturated carbocycles. The summed E-state index contributed by atoms with van der Waals surface area (Å²) in [4.78, 5) is 14.2. The minimum Gasteiger partial charge on any atom is -0.396 e. The average molecular weight is 285 g/mol.